The van der Waals surface area contributed by atoms with Gasteiger partial charge in [-0.05, 0) is 24.6 Å². The van der Waals surface area contributed by atoms with E-state index in [1.165, 1.54) is 12.1 Å². The standard InChI is InChI=1S/C11H17N3O4S/c1-2-5-13-11(16)7-14-19(17,18)8-3-4-10(15)9(12)6-8/h3-4,6,14-15H,2,5,7,12H2,1H3,(H,13,16). The van der Waals surface area contributed by atoms with E-state index in [-0.39, 0.29) is 22.9 Å². The number of nitrogen functional groups attached to an aromatic ring is 1. The molecule has 0 unspecified atom stereocenters. The molecule has 0 bridgehead atoms. The summed E-state index contributed by atoms with van der Waals surface area (Å²) in [6.45, 7) is 2.04. The molecule has 0 fully saturated rings. The highest BCUT2D eigenvalue weighted by molar-refractivity contribution is 7.89. The fourth-order valence-electron chi connectivity index (χ4n) is 1.27. The third-order valence-corrected chi connectivity index (χ3v) is 3.70. The Morgan fingerprint density at radius 1 is 1.42 bits per heavy atom. The highest BCUT2D eigenvalue weighted by Crippen LogP contribution is 2.22. The molecule has 19 heavy (non-hydrogen) atoms. The van der Waals surface area contributed by atoms with Gasteiger partial charge in [-0.1, -0.05) is 6.92 Å². The molecule has 0 radical (unpaired) electrons. The molecule has 0 aliphatic heterocycles. The zero-order valence-corrected chi connectivity index (χ0v) is 11.3. The third-order valence-electron chi connectivity index (χ3n) is 2.30. The number of hydrogen-bond acceptors (Lipinski definition) is 5. The van der Waals surface area contributed by atoms with Gasteiger partial charge in [-0.25, -0.2) is 13.1 Å². The minimum absolute atomic E-state index is 0.0432. The van der Waals surface area contributed by atoms with Gasteiger partial charge in [-0.15, -0.1) is 0 Å². The van der Waals surface area contributed by atoms with Crippen LogP contribution in [0.1, 0.15) is 13.3 Å². The molecule has 1 aromatic carbocycles. The maximum Gasteiger partial charge on any atom is 0.241 e. The second-order valence-electron chi connectivity index (χ2n) is 3.90. The largest absolute Gasteiger partial charge is 0.506 e. The van der Waals surface area contributed by atoms with Gasteiger partial charge in [0.15, 0.2) is 0 Å². The Kier molecular flexibility index (Phi) is 5.13. The van der Waals surface area contributed by atoms with Gasteiger partial charge in [0.2, 0.25) is 15.9 Å². The van der Waals surface area contributed by atoms with E-state index in [2.05, 4.69) is 10.0 Å². The molecule has 0 aliphatic carbocycles. The second-order valence-corrected chi connectivity index (χ2v) is 5.66. The van der Waals surface area contributed by atoms with E-state index in [9.17, 15) is 18.3 Å². The number of nitrogens with two attached hydrogens (primary N) is 1. The summed E-state index contributed by atoms with van der Waals surface area (Å²) in [6.07, 6.45) is 0.771. The van der Waals surface area contributed by atoms with Crippen LogP contribution < -0.4 is 15.8 Å². The molecule has 0 aromatic heterocycles. The maximum absolute atomic E-state index is 11.8. The van der Waals surface area contributed by atoms with Gasteiger partial charge >= 0.3 is 0 Å². The van der Waals surface area contributed by atoms with E-state index in [0.717, 1.165) is 12.5 Å². The van der Waals surface area contributed by atoms with Crippen LogP contribution in [0, 0.1) is 0 Å². The molecule has 0 saturated heterocycles. The zero-order chi connectivity index (χ0) is 14.5. The van der Waals surface area contributed by atoms with Crippen molar-refractivity contribution < 1.29 is 18.3 Å². The lowest BCUT2D eigenvalue weighted by molar-refractivity contribution is -0.119. The number of nitrogens with one attached hydrogen (secondary N) is 2. The van der Waals surface area contributed by atoms with Gasteiger partial charge in [0, 0.05) is 6.54 Å². The van der Waals surface area contributed by atoms with Gasteiger partial charge in [0.1, 0.15) is 5.75 Å². The van der Waals surface area contributed by atoms with Crippen LogP contribution in [-0.4, -0.2) is 32.5 Å². The van der Waals surface area contributed by atoms with Crippen LogP contribution in [0.5, 0.6) is 5.75 Å². The summed E-state index contributed by atoms with van der Waals surface area (Å²) in [7, 11) is -3.82. The quantitative estimate of drug-likeness (QED) is 0.425. The van der Waals surface area contributed by atoms with E-state index < -0.39 is 15.9 Å². The van der Waals surface area contributed by atoms with Crippen LogP contribution in [-0.2, 0) is 14.8 Å². The average molecular weight is 287 g/mol. The number of amides is 1. The van der Waals surface area contributed by atoms with Crippen LogP contribution >= 0.6 is 0 Å². The van der Waals surface area contributed by atoms with Gasteiger partial charge < -0.3 is 16.2 Å². The molecule has 0 spiro atoms. The minimum Gasteiger partial charge on any atom is -0.506 e. The summed E-state index contributed by atoms with van der Waals surface area (Å²) in [5.74, 6) is -0.600. The summed E-state index contributed by atoms with van der Waals surface area (Å²) in [6, 6.07) is 3.51. The zero-order valence-electron chi connectivity index (χ0n) is 10.5. The number of carbonyl (C=O) groups excluding carboxylic acids is 1. The van der Waals surface area contributed by atoms with Crippen molar-refractivity contribution in [3.63, 3.8) is 0 Å². The summed E-state index contributed by atoms with van der Waals surface area (Å²) in [4.78, 5) is 11.2. The van der Waals surface area contributed by atoms with Gasteiger partial charge in [0.25, 0.3) is 0 Å². The minimum atomic E-state index is -3.82. The summed E-state index contributed by atoms with van der Waals surface area (Å²) in [5, 5.41) is 11.8. The van der Waals surface area contributed by atoms with E-state index in [1.807, 2.05) is 6.92 Å². The van der Waals surface area contributed by atoms with E-state index in [4.69, 9.17) is 5.73 Å². The Morgan fingerprint density at radius 3 is 2.68 bits per heavy atom. The molecule has 0 heterocycles. The average Bonchev–Trinajstić information content (AvgIpc) is 2.37. The number of aromatic hydroxyl groups is 1. The molecule has 5 N–H and O–H groups in total. The highest BCUT2D eigenvalue weighted by atomic mass is 32.2. The van der Waals surface area contributed by atoms with Crippen molar-refractivity contribution in [1.29, 1.82) is 0 Å². The molecule has 7 nitrogen and oxygen atoms in total. The summed E-state index contributed by atoms with van der Waals surface area (Å²) in [5.41, 5.74) is 5.37. The van der Waals surface area contributed by atoms with Crippen molar-refractivity contribution in [3.8, 4) is 5.75 Å². The van der Waals surface area contributed by atoms with Gasteiger partial charge in [-0.3, -0.25) is 4.79 Å². The number of anilines is 1. The monoisotopic (exact) mass is 287 g/mol. The van der Waals surface area contributed by atoms with E-state index in [1.54, 1.807) is 0 Å². The SMILES string of the molecule is CCCNC(=O)CNS(=O)(=O)c1ccc(O)c(N)c1. The lowest BCUT2D eigenvalue weighted by Crippen LogP contribution is -2.37. The fraction of sp³-hybridized carbons (Fsp3) is 0.364. The van der Waals surface area contributed by atoms with Gasteiger partial charge in [0.05, 0.1) is 17.1 Å². The van der Waals surface area contributed by atoms with Crippen molar-refractivity contribution in [1.82, 2.24) is 10.0 Å². The van der Waals surface area contributed by atoms with Crippen molar-refractivity contribution >= 4 is 21.6 Å². The molecule has 0 aliphatic rings. The number of carbonyl (C=O) groups is 1. The lowest BCUT2D eigenvalue weighted by Gasteiger charge is -2.08. The molecule has 1 aromatic rings. The Morgan fingerprint density at radius 2 is 2.11 bits per heavy atom. The Hall–Kier alpha value is -1.80. The van der Waals surface area contributed by atoms with Crippen LogP contribution in [0.4, 0.5) is 5.69 Å². The first-order chi connectivity index (χ1) is 8.86. The molecule has 8 heteroatoms. The number of phenolic OH excluding ortho intramolecular Hbond substituents is 1. The van der Waals surface area contributed by atoms with Crippen LogP contribution in [0.25, 0.3) is 0 Å². The first kappa shape index (κ1) is 15.3. The molecular formula is C11H17N3O4S. The van der Waals surface area contributed by atoms with Crippen molar-refractivity contribution in [2.24, 2.45) is 0 Å². The molecule has 0 saturated carbocycles. The molecular weight excluding hydrogens is 270 g/mol. The lowest BCUT2D eigenvalue weighted by atomic mass is 10.3. The Balaban J connectivity index is 2.70. The van der Waals surface area contributed by atoms with E-state index >= 15 is 0 Å². The van der Waals surface area contributed by atoms with Gasteiger partial charge in [-0.2, -0.15) is 0 Å². The predicted octanol–water partition coefficient (Wildman–Crippen LogP) is -0.221. The normalized spacial score (nSPS) is 11.2. The molecule has 1 rings (SSSR count). The van der Waals surface area contributed by atoms with Crippen molar-refractivity contribution in [2.75, 3.05) is 18.8 Å². The molecule has 0 atom stereocenters. The van der Waals surface area contributed by atoms with Crippen LogP contribution in [0.3, 0.4) is 0 Å². The van der Waals surface area contributed by atoms with Crippen molar-refractivity contribution in [2.45, 2.75) is 18.2 Å². The number of sulfonamides is 1. The highest BCUT2D eigenvalue weighted by Gasteiger charge is 2.16. The smallest absolute Gasteiger partial charge is 0.241 e. The van der Waals surface area contributed by atoms with Crippen LogP contribution in [0.15, 0.2) is 23.1 Å². The Labute approximate surface area is 111 Å². The molecule has 106 valence electrons. The summed E-state index contributed by atoms with van der Waals surface area (Å²) >= 11 is 0. The number of benzene rings is 1. The van der Waals surface area contributed by atoms with Crippen molar-refractivity contribution in [3.05, 3.63) is 18.2 Å². The van der Waals surface area contributed by atoms with E-state index in [0.29, 0.717) is 6.54 Å². The second kappa shape index (κ2) is 6.39. The first-order valence-electron chi connectivity index (χ1n) is 5.71. The fourth-order valence-corrected chi connectivity index (χ4v) is 2.29. The number of phenols is 1. The topological polar surface area (TPSA) is 122 Å². The maximum atomic E-state index is 11.8. The Bertz CT molecular complexity index is 557. The first-order valence-corrected chi connectivity index (χ1v) is 7.20. The number of rotatable bonds is 6. The third kappa shape index (κ3) is 4.42. The van der Waals surface area contributed by atoms with Crippen LogP contribution in [0.2, 0.25) is 0 Å². The molecule has 1 amide bonds. The summed E-state index contributed by atoms with van der Waals surface area (Å²) < 4.78 is 25.8. The predicted molar refractivity (Wildman–Crippen MR) is 71.0 cm³/mol. The number of hydrogen-bond donors (Lipinski definition) is 4.